The Kier molecular flexibility index (Phi) is 6.99. The minimum atomic E-state index is -0.115. The SMILES string of the molecule is CCNC(=NCc1nnc2ccccn12)NCCOc1cccc(NC(C)=O)c1. The van der Waals surface area contributed by atoms with E-state index in [2.05, 4.69) is 31.1 Å². The van der Waals surface area contributed by atoms with Crippen LogP contribution in [-0.4, -0.2) is 46.2 Å². The Bertz CT molecular complexity index is 984. The van der Waals surface area contributed by atoms with Gasteiger partial charge in [0.05, 0.1) is 6.54 Å². The van der Waals surface area contributed by atoms with Crippen LogP contribution < -0.4 is 20.7 Å². The third-order valence-corrected chi connectivity index (χ3v) is 3.92. The van der Waals surface area contributed by atoms with Crippen molar-refractivity contribution in [2.75, 3.05) is 25.0 Å². The maximum atomic E-state index is 11.1. The number of pyridine rings is 1. The zero-order valence-corrected chi connectivity index (χ0v) is 16.6. The fourth-order valence-electron chi connectivity index (χ4n) is 2.70. The second-order valence-corrected chi connectivity index (χ2v) is 6.22. The summed E-state index contributed by atoms with van der Waals surface area (Å²) < 4.78 is 7.66. The van der Waals surface area contributed by atoms with Gasteiger partial charge in [-0.25, -0.2) is 4.99 Å². The van der Waals surface area contributed by atoms with E-state index in [1.807, 2.05) is 53.9 Å². The smallest absolute Gasteiger partial charge is 0.221 e. The fourth-order valence-corrected chi connectivity index (χ4v) is 2.70. The lowest BCUT2D eigenvalue weighted by Crippen LogP contribution is -2.39. The van der Waals surface area contributed by atoms with Gasteiger partial charge in [-0.1, -0.05) is 12.1 Å². The first-order chi connectivity index (χ1) is 14.2. The summed E-state index contributed by atoms with van der Waals surface area (Å²) in [4.78, 5) is 15.7. The molecule has 0 unspecified atom stereocenters. The quantitative estimate of drug-likeness (QED) is 0.305. The molecule has 0 aliphatic heterocycles. The Hall–Kier alpha value is -3.62. The molecule has 1 aromatic carbocycles. The number of hydrogen-bond acceptors (Lipinski definition) is 5. The normalized spacial score (nSPS) is 11.3. The van der Waals surface area contributed by atoms with Crippen molar-refractivity contribution >= 4 is 23.2 Å². The molecule has 0 radical (unpaired) electrons. The molecule has 0 fully saturated rings. The molecular formula is C20H25N7O2. The summed E-state index contributed by atoms with van der Waals surface area (Å²) >= 11 is 0. The van der Waals surface area contributed by atoms with Crippen molar-refractivity contribution in [1.29, 1.82) is 0 Å². The monoisotopic (exact) mass is 395 g/mol. The largest absolute Gasteiger partial charge is 0.492 e. The molecule has 0 bridgehead atoms. The van der Waals surface area contributed by atoms with Crippen LogP contribution in [0.2, 0.25) is 0 Å². The molecule has 0 spiro atoms. The first kappa shape index (κ1) is 20.1. The Morgan fingerprint density at radius 1 is 1.17 bits per heavy atom. The van der Waals surface area contributed by atoms with E-state index in [0.717, 1.165) is 18.0 Å². The van der Waals surface area contributed by atoms with E-state index in [9.17, 15) is 4.79 Å². The lowest BCUT2D eigenvalue weighted by Gasteiger charge is -2.12. The van der Waals surface area contributed by atoms with E-state index in [-0.39, 0.29) is 5.91 Å². The molecule has 9 heteroatoms. The highest BCUT2D eigenvalue weighted by Gasteiger charge is 2.05. The third kappa shape index (κ3) is 5.93. The van der Waals surface area contributed by atoms with Crippen molar-refractivity contribution in [2.24, 2.45) is 4.99 Å². The van der Waals surface area contributed by atoms with E-state index >= 15 is 0 Å². The predicted molar refractivity (Wildman–Crippen MR) is 112 cm³/mol. The minimum Gasteiger partial charge on any atom is -0.492 e. The number of fused-ring (bicyclic) bond motifs is 1. The van der Waals surface area contributed by atoms with Crippen LogP contribution in [0.3, 0.4) is 0 Å². The van der Waals surface area contributed by atoms with Gasteiger partial charge in [0, 0.05) is 31.4 Å². The number of anilines is 1. The summed E-state index contributed by atoms with van der Waals surface area (Å²) in [6.45, 7) is 5.64. The summed E-state index contributed by atoms with van der Waals surface area (Å²) in [6, 6.07) is 13.1. The maximum Gasteiger partial charge on any atom is 0.221 e. The van der Waals surface area contributed by atoms with Gasteiger partial charge in [0.2, 0.25) is 5.91 Å². The maximum absolute atomic E-state index is 11.1. The molecule has 0 aliphatic carbocycles. The number of aromatic nitrogens is 3. The van der Waals surface area contributed by atoms with Gasteiger partial charge < -0.3 is 20.7 Å². The number of nitrogens with zero attached hydrogens (tertiary/aromatic N) is 4. The van der Waals surface area contributed by atoms with Crippen molar-refractivity contribution in [2.45, 2.75) is 20.4 Å². The zero-order valence-electron chi connectivity index (χ0n) is 16.6. The van der Waals surface area contributed by atoms with Crippen LogP contribution in [-0.2, 0) is 11.3 Å². The number of amides is 1. The fraction of sp³-hybridized carbons (Fsp3) is 0.300. The number of ether oxygens (including phenoxy) is 1. The average molecular weight is 395 g/mol. The summed E-state index contributed by atoms with van der Waals surface area (Å²) in [6.07, 6.45) is 1.92. The number of aliphatic imine (C=N–C) groups is 1. The Balaban J connectivity index is 1.52. The summed E-state index contributed by atoms with van der Waals surface area (Å²) in [5.41, 5.74) is 1.50. The van der Waals surface area contributed by atoms with Gasteiger partial charge in [-0.05, 0) is 31.2 Å². The molecular weight excluding hydrogens is 370 g/mol. The zero-order chi connectivity index (χ0) is 20.5. The molecule has 0 atom stereocenters. The number of carbonyl (C=O) groups excluding carboxylic acids is 1. The van der Waals surface area contributed by atoms with Gasteiger partial charge in [0.25, 0.3) is 0 Å². The summed E-state index contributed by atoms with van der Waals surface area (Å²) in [7, 11) is 0. The number of rotatable bonds is 8. The van der Waals surface area contributed by atoms with E-state index < -0.39 is 0 Å². The molecule has 2 aromatic heterocycles. The van der Waals surface area contributed by atoms with Gasteiger partial charge in [0.15, 0.2) is 17.4 Å². The van der Waals surface area contributed by atoms with Crippen LogP contribution in [0.1, 0.15) is 19.7 Å². The number of benzene rings is 1. The van der Waals surface area contributed by atoms with Crippen LogP contribution in [0.15, 0.2) is 53.7 Å². The molecule has 0 saturated carbocycles. The van der Waals surface area contributed by atoms with Crippen LogP contribution in [0.5, 0.6) is 5.75 Å². The van der Waals surface area contributed by atoms with E-state index in [4.69, 9.17) is 4.74 Å². The molecule has 29 heavy (non-hydrogen) atoms. The number of guanidine groups is 1. The lowest BCUT2D eigenvalue weighted by molar-refractivity contribution is -0.114. The number of nitrogens with one attached hydrogen (secondary N) is 3. The Labute approximate surface area is 169 Å². The van der Waals surface area contributed by atoms with Crippen LogP contribution in [0.4, 0.5) is 5.69 Å². The van der Waals surface area contributed by atoms with Crippen molar-refractivity contribution in [3.8, 4) is 5.75 Å². The molecule has 1 amide bonds. The van der Waals surface area contributed by atoms with Crippen molar-refractivity contribution in [3.63, 3.8) is 0 Å². The first-order valence-electron chi connectivity index (χ1n) is 9.47. The number of carbonyl (C=O) groups is 1. The molecule has 3 rings (SSSR count). The Morgan fingerprint density at radius 3 is 2.90 bits per heavy atom. The second-order valence-electron chi connectivity index (χ2n) is 6.22. The standard InChI is InChI=1S/C20H25N7O2/c1-3-21-20(23-14-19-26-25-18-9-4-5-11-27(18)19)22-10-12-29-17-8-6-7-16(13-17)24-15(2)28/h4-9,11,13H,3,10,12,14H2,1-2H3,(H,24,28)(H2,21,22,23). The first-order valence-corrected chi connectivity index (χ1v) is 9.47. The van der Waals surface area contributed by atoms with Gasteiger partial charge in [-0.2, -0.15) is 0 Å². The second kappa shape index (κ2) is 10.1. The van der Waals surface area contributed by atoms with Crippen molar-refractivity contribution < 1.29 is 9.53 Å². The minimum absolute atomic E-state index is 0.115. The van der Waals surface area contributed by atoms with Gasteiger partial charge in [-0.3, -0.25) is 9.20 Å². The molecule has 9 nitrogen and oxygen atoms in total. The highest BCUT2D eigenvalue weighted by atomic mass is 16.5. The van der Waals surface area contributed by atoms with Crippen LogP contribution in [0, 0.1) is 0 Å². The van der Waals surface area contributed by atoms with Crippen molar-refractivity contribution in [1.82, 2.24) is 25.2 Å². The van der Waals surface area contributed by atoms with Crippen LogP contribution in [0.25, 0.3) is 5.65 Å². The third-order valence-electron chi connectivity index (χ3n) is 3.92. The topological polar surface area (TPSA) is 105 Å². The Morgan fingerprint density at radius 2 is 2.07 bits per heavy atom. The molecule has 0 saturated heterocycles. The van der Waals surface area contributed by atoms with E-state index in [1.165, 1.54) is 6.92 Å². The average Bonchev–Trinajstić information content (AvgIpc) is 3.12. The van der Waals surface area contributed by atoms with Gasteiger partial charge >= 0.3 is 0 Å². The summed E-state index contributed by atoms with van der Waals surface area (Å²) in [5.74, 6) is 2.02. The molecule has 3 aromatic rings. The highest BCUT2D eigenvalue weighted by Crippen LogP contribution is 2.17. The van der Waals surface area contributed by atoms with Gasteiger partial charge in [-0.15, -0.1) is 10.2 Å². The number of hydrogen-bond donors (Lipinski definition) is 3. The van der Waals surface area contributed by atoms with E-state index in [0.29, 0.717) is 37.1 Å². The highest BCUT2D eigenvalue weighted by molar-refractivity contribution is 5.88. The lowest BCUT2D eigenvalue weighted by atomic mass is 10.3. The van der Waals surface area contributed by atoms with E-state index in [1.54, 1.807) is 6.07 Å². The van der Waals surface area contributed by atoms with Gasteiger partial charge in [0.1, 0.15) is 18.9 Å². The van der Waals surface area contributed by atoms with Crippen LogP contribution >= 0.6 is 0 Å². The molecule has 2 heterocycles. The predicted octanol–water partition coefficient (Wildman–Crippen LogP) is 1.82. The summed E-state index contributed by atoms with van der Waals surface area (Å²) in [5, 5.41) is 17.5. The van der Waals surface area contributed by atoms with Crippen molar-refractivity contribution in [3.05, 3.63) is 54.5 Å². The molecule has 3 N–H and O–H groups in total. The molecule has 0 aliphatic rings. The molecule has 152 valence electrons.